The van der Waals surface area contributed by atoms with Gasteiger partial charge in [0.1, 0.15) is 18.8 Å². The number of carboxylic acids is 1. The molecule has 0 aromatic carbocycles. The SMILES string of the molecule is CCC#CC[C@H](C)[C@H](O)C#C[C@@H]1[C@H]2C/C(=C/COCC(=O)O)C[C@H]2C[C@H]1OC(=O)OC. The van der Waals surface area contributed by atoms with Crippen LogP contribution >= 0.6 is 0 Å². The van der Waals surface area contributed by atoms with E-state index in [0.29, 0.717) is 18.8 Å². The third-order valence-electron chi connectivity index (χ3n) is 5.82. The van der Waals surface area contributed by atoms with Crippen molar-refractivity contribution in [2.24, 2.45) is 23.7 Å². The summed E-state index contributed by atoms with van der Waals surface area (Å²) in [6.45, 7) is 3.83. The van der Waals surface area contributed by atoms with Crippen LogP contribution in [0.4, 0.5) is 4.79 Å². The molecule has 2 saturated carbocycles. The van der Waals surface area contributed by atoms with Crippen LogP contribution in [0.15, 0.2) is 11.6 Å². The molecule has 7 nitrogen and oxygen atoms in total. The maximum absolute atomic E-state index is 11.7. The van der Waals surface area contributed by atoms with Crippen LogP contribution in [0.3, 0.4) is 0 Å². The molecule has 0 aromatic heterocycles. The van der Waals surface area contributed by atoms with E-state index >= 15 is 0 Å². The minimum atomic E-state index is -0.992. The predicted molar refractivity (Wildman–Crippen MR) is 114 cm³/mol. The quantitative estimate of drug-likeness (QED) is 0.276. The first kappa shape index (κ1) is 24.8. The van der Waals surface area contributed by atoms with Crippen LogP contribution in [0.25, 0.3) is 0 Å². The van der Waals surface area contributed by atoms with Gasteiger partial charge in [-0.1, -0.05) is 37.3 Å². The van der Waals surface area contributed by atoms with Gasteiger partial charge in [-0.15, -0.1) is 11.8 Å². The Morgan fingerprint density at radius 3 is 2.74 bits per heavy atom. The lowest BCUT2D eigenvalue weighted by molar-refractivity contribution is -0.141. The fourth-order valence-corrected chi connectivity index (χ4v) is 4.22. The molecule has 0 aromatic rings. The topological polar surface area (TPSA) is 102 Å². The molecule has 170 valence electrons. The summed E-state index contributed by atoms with van der Waals surface area (Å²) >= 11 is 0. The molecule has 2 fully saturated rings. The number of hydrogen-bond donors (Lipinski definition) is 2. The normalized spacial score (nSPS) is 27.3. The van der Waals surface area contributed by atoms with E-state index in [1.807, 2.05) is 19.9 Å². The molecular formula is C24H32O7. The van der Waals surface area contributed by atoms with Crippen molar-refractivity contribution >= 4 is 12.1 Å². The van der Waals surface area contributed by atoms with E-state index in [1.165, 1.54) is 12.7 Å². The van der Waals surface area contributed by atoms with Gasteiger partial charge in [-0.2, -0.15) is 0 Å². The molecule has 0 bridgehead atoms. The molecule has 0 radical (unpaired) electrons. The number of methoxy groups -OCH3 is 1. The predicted octanol–water partition coefficient (Wildman–Crippen LogP) is 3.02. The highest BCUT2D eigenvalue weighted by atomic mass is 16.7. The van der Waals surface area contributed by atoms with Crippen LogP contribution in [0.5, 0.6) is 0 Å². The lowest BCUT2D eigenvalue weighted by atomic mass is 9.90. The first-order valence-corrected chi connectivity index (χ1v) is 10.7. The smallest absolute Gasteiger partial charge is 0.480 e. The van der Waals surface area contributed by atoms with E-state index in [1.54, 1.807) is 0 Å². The zero-order chi connectivity index (χ0) is 22.8. The summed E-state index contributed by atoms with van der Waals surface area (Å²) in [7, 11) is 1.28. The summed E-state index contributed by atoms with van der Waals surface area (Å²) in [5.74, 6) is 11.4. The largest absolute Gasteiger partial charge is 0.508 e. The van der Waals surface area contributed by atoms with Crippen molar-refractivity contribution in [1.82, 2.24) is 0 Å². The Bertz CT molecular complexity index is 779. The molecule has 0 unspecified atom stereocenters. The van der Waals surface area contributed by atoms with Crippen molar-refractivity contribution in [3.8, 4) is 23.7 Å². The van der Waals surface area contributed by atoms with E-state index in [4.69, 9.17) is 14.6 Å². The van der Waals surface area contributed by atoms with Crippen molar-refractivity contribution < 1.29 is 34.0 Å². The summed E-state index contributed by atoms with van der Waals surface area (Å²) in [4.78, 5) is 22.2. The van der Waals surface area contributed by atoms with Crippen LogP contribution in [0.1, 0.15) is 46.0 Å². The number of hydrogen-bond acceptors (Lipinski definition) is 6. The fourth-order valence-electron chi connectivity index (χ4n) is 4.22. The first-order chi connectivity index (χ1) is 14.8. The molecule has 0 aliphatic heterocycles. The summed E-state index contributed by atoms with van der Waals surface area (Å²) in [5.41, 5.74) is 1.20. The van der Waals surface area contributed by atoms with E-state index in [-0.39, 0.29) is 37.1 Å². The second-order valence-corrected chi connectivity index (χ2v) is 8.10. The molecule has 0 heterocycles. The Morgan fingerprint density at radius 2 is 2.06 bits per heavy atom. The molecule has 2 rings (SSSR count). The van der Waals surface area contributed by atoms with E-state index in [2.05, 4.69) is 28.4 Å². The van der Waals surface area contributed by atoms with Gasteiger partial charge in [0.25, 0.3) is 0 Å². The van der Waals surface area contributed by atoms with Crippen LogP contribution in [-0.4, -0.2) is 54.9 Å². The van der Waals surface area contributed by atoms with Crippen molar-refractivity contribution in [3.63, 3.8) is 0 Å². The number of aliphatic carboxylic acids is 1. The Morgan fingerprint density at radius 1 is 1.29 bits per heavy atom. The van der Waals surface area contributed by atoms with E-state index < -0.39 is 18.2 Å². The van der Waals surface area contributed by atoms with Crippen molar-refractivity contribution in [2.75, 3.05) is 20.3 Å². The zero-order valence-electron chi connectivity index (χ0n) is 18.4. The fraction of sp³-hybridized carbons (Fsp3) is 0.667. The summed E-state index contributed by atoms with van der Waals surface area (Å²) < 4.78 is 15.2. The standard InChI is InChI=1S/C24H32O7/c1-4-5-6-7-16(2)21(25)9-8-19-20-13-17(10-11-30-15-23(26)27)12-18(20)14-22(19)31-24(28)29-3/h10,16,18-22,25H,4,7,11-15H2,1-3H3,(H,26,27)/b17-10+/t16-,18-,19+,20-,21+,22+/m0/s1. The Kier molecular flexibility index (Phi) is 9.91. The van der Waals surface area contributed by atoms with Gasteiger partial charge < -0.3 is 24.4 Å². The second kappa shape index (κ2) is 12.4. The molecule has 6 atom stereocenters. The van der Waals surface area contributed by atoms with E-state index in [9.17, 15) is 14.7 Å². The maximum Gasteiger partial charge on any atom is 0.508 e. The van der Waals surface area contributed by atoms with Crippen LogP contribution in [0, 0.1) is 47.4 Å². The lowest BCUT2D eigenvalue weighted by Gasteiger charge is -2.19. The second-order valence-electron chi connectivity index (χ2n) is 8.10. The average Bonchev–Trinajstić information content (AvgIpc) is 3.26. The van der Waals surface area contributed by atoms with Gasteiger partial charge >= 0.3 is 12.1 Å². The molecular weight excluding hydrogens is 400 g/mol. The molecule has 0 amide bonds. The van der Waals surface area contributed by atoms with Crippen LogP contribution in [0.2, 0.25) is 0 Å². The molecule has 7 heteroatoms. The monoisotopic (exact) mass is 432 g/mol. The average molecular weight is 433 g/mol. The van der Waals surface area contributed by atoms with Gasteiger partial charge in [0.2, 0.25) is 0 Å². The summed E-state index contributed by atoms with van der Waals surface area (Å²) in [6.07, 6.45) is 3.70. The Hall–Kier alpha value is -2.48. The number of ether oxygens (including phenoxy) is 3. The van der Waals surface area contributed by atoms with Gasteiger partial charge in [0, 0.05) is 18.8 Å². The molecule has 2 aliphatic rings. The van der Waals surface area contributed by atoms with Gasteiger partial charge in [-0.25, -0.2) is 9.59 Å². The highest BCUT2D eigenvalue weighted by molar-refractivity contribution is 5.68. The van der Waals surface area contributed by atoms with Crippen molar-refractivity contribution in [3.05, 3.63) is 11.6 Å². The number of carboxylic acid groups (broad SMARTS) is 1. The molecule has 31 heavy (non-hydrogen) atoms. The van der Waals surface area contributed by atoms with Crippen LogP contribution in [-0.2, 0) is 19.0 Å². The van der Waals surface area contributed by atoms with Gasteiger partial charge in [-0.05, 0) is 31.1 Å². The van der Waals surface area contributed by atoms with Gasteiger partial charge in [-0.3, -0.25) is 0 Å². The first-order valence-electron chi connectivity index (χ1n) is 10.7. The number of aliphatic hydroxyl groups excluding tert-OH is 1. The Labute approximate surface area is 184 Å². The summed E-state index contributed by atoms with van der Waals surface area (Å²) in [6, 6.07) is 0. The maximum atomic E-state index is 11.7. The number of carbonyl (C=O) groups is 2. The molecule has 0 saturated heterocycles. The van der Waals surface area contributed by atoms with Gasteiger partial charge in [0.15, 0.2) is 0 Å². The highest BCUT2D eigenvalue weighted by Crippen LogP contribution is 2.50. The Balaban J connectivity index is 2.06. The van der Waals surface area contributed by atoms with Crippen molar-refractivity contribution in [1.29, 1.82) is 0 Å². The lowest BCUT2D eigenvalue weighted by Crippen LogP contribution is -2.25. The van der Waals surface area contributed by atoms with Crippen LogP contribution < -0.4 is 0 Å². The molecule has 0 spiro atoms. The third-order valence-corrected chi connectivity index (χ3v) is 5.82. The third kappa shape index (κ3) is 7.61. The minimum Gasteiger partial charge on any atom is -0.480 e. The number of rotatable bonds is 7. The van der Waals surface area contributed by atoms with Crippen molar-refractivity contribution in [2.45, 2.75) is 58.2 Å². The number of aliphatic hydroxyl groups is 1. The number of carbonyl (C=O) groups excluding carboxylic acids is 1. The number of allylic oxidation sites excluding steroid dienone is 1. The van der Waals surface area contributed by atoms with Gasteiger partial charge in [0.05, 0.1) is 19.6 Å². The molecule has 2 aliphatic carbocycles. The van der Waals surface area contributed by atoms with E-state index in [0.717, 1.165) is 19.3 Å². The zero-order valence-corrected chi connectivity index (χ0v) is 18.4. The molecule has 2 N–H and O–H groups in total. The minimum absolute atomic E-state index is 0.0749. The summed E-state index contributed by atoms with van der Waals surface area (Å²) in [5, 5.41) is 19.1. The number of fused-ring (bicyclic) bond motifs is 1. The highest BCUT2D eigenvalue weighted by Gasteiger charge is 2.48.